The molecule has 6 heteroatoms. The van der Waals surface area contributed by atoms with E-state index in [9.17, 15) is 9.50 Å². The molecule has 0 bridgehead atoms. The molecule has 0 saturated heterocycles. The Hall–Kier alpha value is -1.45. The van der Waals surface area contributed by atoms with Crippen molar-refractivity contribution >= 4 is 38.8 Å². The van der Waals surface area contributed by atoms with Gasteiger partial charge in [0.1, 0.15) is 28.2 Å². The molecule has 1 rings (SSSR count). The van der Waals surface area contributed by atoms with Gasteiger partial charge < -0.3 is 10.4 Å². The summed E-state index contributed by atoms with van der Waals surface area (Å²) >= 11 is 8.27. The van der Waals surface area contributed by atoms with E-state index in [2.05, 4.69) is 21.2 Å². The SMILES string of the molecule is CC(C)/C(O)=C(\C#N)C(=S)Nc1ccc(F)cc1Br. The number of rotatable bonds is 3. The first-order valence-electron chi connectivity index (χ1n) is 5.46. The first-order valence-corrected chi connectivity index (χ1v) is 6.66. The average Bonchev–Trinajstić information content (AvgIpc) is 2.33. The highest BCUT2D eigenvalue weighted by Gasteiger charge is 2.15. The van der Waals surface area contributed by atoms with Crippen LogP contribution in [0.2, 0.25) is 0 Å². The lowest BCUT2D eigenvalue weighted by molar-refractivity contribution is 0.350. The Morgan fingerprint density at radius 1 is 1.53 bits per heavy atom. The maximum atomic E-state index is 13.0. The topological polar surface area (TPSA) is 56.0 Å². The largest absolute Gasteiger partial charge is 0.511 e. The first kappa shape index (κ1) is 15.6. The summed E-state index contributed by atoms with van der Waals surface area (Å²) in [6.45, 7) is 3.51. The molecular weight excluding hydrogens is 331 g/mol. The molecule has 3 nitrogen and oxygen atoms in total. The van der Waals surface area contributed by atoms with Crippen LogP contribution in [0.3, 0.4) is 0 Å². The van der Waals surface area contributed by atoms with Gasteiger partial charge in [-0.15, -0.1) is 0 Å². The third kappa shape index (κ3) is 4.01. The van der Waals surface area contributed by atoms with Crippen molar-refractivity contribution in [3.05, 3.63) is 39.8 Å². The van der Waals surface area contributed by atoms with E-state index in [4.69, 9.17) is 17.5 Å². The van der Waals surface area contributed by atoms with E-state index in [1.807, 2.05) is 6.07 Å². The van der Waals surface area contributed by atoms with Crippen molar-refractivity contribution in [3.63, 3.8) is 0 Å². The Bertz CT molecular complexity index is 578. The highest BCUT2D eigenvalue weighted by Crippen LogP contribution is 2.24. The molecule has 1 aromatic rings. The molecular formula is C13H12BrFN2OS. The number of halogens is 2. The molecule has 19 heavy (non-hydrogen) atoms. The lowest BCUT2D eigenvalue weighted by Gasteiger charge is -2.12. The molecule has 0 atom stereocenters. The summed E-state index contributed by atoms with van der Waals surface area (Å²) in [6.07, 6.45) is 0. The van der Waals surface area contributed by atoms with Crippen molar-refractivity contribution in [3.8, 4) is 6.07 Å². The van der Waals surface area contributed by atoms with E-state index < -0.39 is 0 Å². The van der Waals surface area contributed by atoms with Gasteiger partial charge in [0.2, 0.25) is 0 Å². The van der Waals surface area contributed by atoms with Crippen molar-refractivity contribution < 1.29 is 9.50 Å². The van der Waals surface area contributed by atoms with Gasteiger partial charge in [-0.3, -0.25) is 0 Å². The van der Waals surface area contributed by atoms with Gasteiger partial charge in [0.05, 0.1) is 5.69 Å². The summed E-state index contributed by atoms with van der Waals surface area (Å²) < 4.78 is 13.4. The summed E-state index contributed by atoms with van der Waals surface area (Å²) in [5.74, 6) is -0.659. The van der Waals surface area contributed by atoms with Crippen LogP contribution in [0.5, 0.6) is 0 Å². The summed E-state index contributed by atoms with van der Waals surface area (Å²) in [7, 11) is 0. The minimum atomic E-state index is -0.385. The normalized spacial score (nSPS) is 11.8. The first-order chi connectivity index (χ1) is 8.86. The van der Waals surface area contributed by atoms with E-state index in [-0.39, 0.29) is 28.1 Å². The van der Waals surface area contributed by atoms with E-state index in [1.54, 1.807) is 13.8 Å². The molecule has 0 unspecified atom stereocenters. The molecule has 0 spiro atoms. The van der Waals surface area contributed by atoms with Crippen molar-refractivity contribution in [2.75, 3.05) is 5.32 Å². The quantitative estimate of drug-likeness (QED) is 0.371. The molecule has 0 aromatic heterocycles. The smallest absolute Gasteiger partial charge is 0.125 e. The second-order valence-electron chi connectivity index (χ2n) is 4.11. The summed E-state index contributed by atoms with van der Waals surface area (Å²) in [5.41, 5.74) is 0.539. The van der Waals surface area contributed by atoms with Gasteiger partial charge in [-0.1, -0.05) is 26.1 Å². The number of aliphatic hydroxyl groups is 1. The Balaban J connectivity index is 3.03. The Morgan fingerprint density at radius 3 is 2.63 bits per heavy atom. The maximum Gasteiger partial charge on any atom is 0.125 e. The molecule has 0 fully saturated rings. The fourth-order valence-electron chi connectivity index (χ4n) is 1.29. The van der Waals surface area contributed by atoms with Crippen LogP contribution < -0.4 is 5.32 Å². The zero-order valence-corrected chi connectivity index (χ0v) is 12.8. The number of nitrogens with zero attached hydrogens (tertiary/aromatic N) is 1. The Kier molecular flexibility index (Phi) is 5.45. The fraction of sp³-hybridized carbons (Fsp3) is 0.231. The summed E-state index contributed by atoms with van der Waals surface area (Å²) in [6, 6.07) is 5.92. The second-order valence-corrected chi connectivity index (χ2v) is 5.37. The van der Waals surface area contributed by atoms with Gasteiger partial charge in [-0.25, -0.2) is 4.39 Å². The molecule has 1 aromatic carbocycles. The number of hydrogen-bond donors (Lipinski definition) is 2. The molecule has 0 aliphatic carbocycles. The lowest BCUT2D eigenvalue weighted by atomic mass is 10.1. The Morgan fingerprint density at radius 2 is 2.16 bits per heavy atom. The van der Waals surface area contributed by atoms with Crippen molar-refractivity contribution in [2.24, 2.45) is 5.92 Å². The van der Waals surface area contributed by atoms with E-state index in [0.717, 1.165) is 0 Å². The van der Waals surface area contributed by atoms with Gasteiger partial charge in [0.25, 0.3) is 0 Å². The minimum Gasteiger partial charge on any atom is -0.511 e. The monoisotopic (exact) mass is 342 g/mol. The number of allylic oxidation sites excluding steroid dienone is 1. The van der Waals surface area contributed by atoms with Crippen molar-refractivity contribution in [2.45, 2.75) is 13.8 Å². The van der Waals surface area contributed by atoms with Gasteiger partial charge in [-0.2, -0.15) is 5.26 Å². The molecule has 2 N–H and O–H groups in total. The number of nitrogens with one attached hydrogen (secondary N) is 1. The summed E-state index contributed by atoms with van der Waals surface area (Å²) in [4.78, 5) is 0.0982. The second kappa shape index (κ2) is 6.64. The van der Waals surface area contributed by atoms with Gasteiger partial charge in [0.15, 0.2) is 0 Å². The zero-order chi connectivity index (χ0) is 14.6. The van der Waals surface area contributed by atoms with E-state index >= 15 is 0 Å². The standard InChI is InChI=1S/C13H12BrFN2OS/c1-7(2)12(18)9(6-16)13(19)17-11-4-3-8(15)5-10(11)14/h3-5,7,18H,1-2H3,(H,17,19)/b12-9-. The number of aliphatic hydroxyl groups excluding tert-OH is 1. The molecule has 0 saturated carbocycles. The van der Waals surface area contributed by atoms with E-state index in [1.165, 1.54) is 18.2 Å². The predicted octanol–water partition coefficient (Wildman–Crippen LogP) is 4.32. The zero-order valence-electron chi connectivity index (χ0n) is 10.4. The number of nitriles is 1. The molecule has 0 radical (unpaired) electrons. The number of hydrogen-bond acceptors (Lipinski definition) is 3. The van der Waals surface area contributed by atoms with Gasteiger partial charge in [-0.05, 0) is 34.1 Å². The third-order valence-corrected chi connectivity index (χ3v) is 3.28. The van der Waals surface area contributed by atoms with Crippen LogP contribution in [0.4, 0.5) is 10.1 Å². The van der Waals surface area contributed by atoms with Crippen LogP contribution in [0.25, 0.3) is 0 Å². The summed E-state index contributed by atoms with van der Waals surface area (Å²) in [5, 5.41) is 21.6. The molecule has 100 valence electrons. The number of benzene rings is 1. The van der Waals surface area contributed by atoms with Crippen LogP contribution in [0, 0.1) is 23.1 Å². The fourth-order valence-corrected chi connectivity index (χ4v) is 2.00. The maximum absolute atomic E-state index is 13.0. The molecule has 0 heterocycles. The minimum absolute atomic E-state index is 0.0150. The lowest BCUT2D eigenvalue weighted by Crippen LogP contribution is -2.15. The van der Waals surface area contributed by atoms with Crippen LogP contribution in [0.15, 0.2) is 34.0 Å². The van der Waals surface area contributed by atoms with Crippen molar-refractivity contribution in [1.29, 1.82) is 5.26 Å². The van der Waals surface area contributed by atoms with Gasteiger partial charge >= 0.3 is 0 Å². The third-order valence-electron chi connectivity index (χ3n) is 2.32. The van der Waals surface area contributed by atoms with Gasteiger partial charge in [0, 0.05) is 10.4 Å². The van der Waals surface area contributed by atoms with Crippen molar-refractivity contribution in [1.82, 2.24) is 0 Å². The highest BCUT2D eigenvalue weighted by atomic mass is 79.9. The molecule has 0 aliphatic rings. The van der Waals surface area contributed by atoms with Crippen LogP contribution >= 0.6 is 28.1 Å². The van der Waals surface area contributed by atoms with Crippen LogP contribution in [0.1, 0.15) is 13.8 Å². The van der Waals surface area contributed by atoms with Crippen LogP contribution in [-0.2, 0) is 0 Å². The number of thiocarbonyl (C=S) groups is 1. The average molecular weight is 343 g/mol. The Labute approximate surface area is 124 Å². The van der Waals surface area contributed by atoms with E-state index in [0.29, 0.717) is 10.2 Å². The molecule has 0 amide bonds. The predicted molar refractivity (Wildman–Crippen MR) is 80.4 cm³/mol. The highest BCUT2D eigenvalue weighted by molar-refractivity contribution is 9.10. The van der Waals surface area contributed by atoms with Crippen LogP contribution in [-0.4, -0.2) is 10.1 Å². The number of anilines is 1. The molecule has 0 aliphatic heterocycles.